The van der Waals surface area contributed by atoms with E-state index >= 15 is 0 Å². The molecular weight excluding hydrogens is 226 g/mol. The highest BCUT2D eigenvalue weighted by Gasteiger charge is 1.70. The van der Waals surface area contributed by atoms with Crippen molar-refractivity contribution >= 4 is 34.8 Å². The van der Waals surface area contributed by atoms with Crippen LogP contribution in [0.4, 0.5) is 0 Å². The first-order valence-electron chi connectivity index (χ1n) is 4.27. The van der Waals surface area contributed by atoms with Crippen molar-refractivity contribution < 1.29 is 0 Å². The minimum Gasteiger partial charge on any atom is -0.126 e. The molecule has 0 aromatic heterocycles. The lowest BCUT2D eigenvalue weighted by atomic mass is 10.4. The SMILES string of the molecule is CC=CCCCl.ClCC=CCCCl. The van der Waals surface area contributed by atoms with Crippen LogP contribution in [0, 0.1) is 0 Å². The second-order valence-corrected chi connectivity index (χ2v) is 3.21. The Morgan fingerprint density at radius 1 is 0.846 bits per heavy atom. The van der Waals surface area contributed by atoms with Crippen molar-refractivity contribution in [1.82, 2.24) is 0 Å². The maximum Gasteiger partial charge on any atom is 0.0404 e. The Bertz CT molecular complexity index is 119. The number of hydrogen-bond donors (Lipinski definition) is 0. The molecule has 0 aromatic rings. The number of hydrogen-bond acceptors (Lipinski definition) is 0. The highest BCUT2D eigenvalue weighted by atomic mass is 35.5. The van der Waals surface area contributed by atoms with Gasteiger partial charge >= 0.3 is 0 Å². The van der Waals surface area contributed by atoms with Crippen molar-refractivity contribution in [2.45, 2.75) is 19.8 Å². The van der Waals surface area contributed by atoms with Crippen molar-refractivity contribution in [2.24, 2.45) is 0 Å². The molecule has 0 unspecified atom stereocenters. The fourth-order valence-electron chi connectivity index (χ4n) is 0.474. The molecule has 0 amide bonds. The third kappa shape index (κ3) is 24.5. The molecule has 13 heavy (non-hydrogen) atoms. The Balaban J connectivity index is 0. The second-order valence-electron chi connectivity index (χ2n) is 2.15. The summed E-state index contributed by atoms with van der Waals surface area (Å²) in [6.45, 7) is 1.99. The van der Waals surface area contributed by atoms with Crippen molar-refractivity contribution in [3.63, 3.8) is 0 Å². The summed E-state index contributed by atoms with van der Waals surface area (Å²) < 4.78 is 0. The minimum atomic E-state index is 0.594. The zero-order valence-corrected chi connectivity index (χ0v) is 10.2. The first kappa shape index (κ1) is 15.8. The Labute approximate surface area is 96.6 Å². The van der Waals surface area contributed by atoms with Gasteiger partial charge in [-0.05, 0) is 19.8 Å². The topological polar surface area (TPSA) is 0 Å². The van der Waals surface area contributed by atoms with Gasteiger partial charge in [0.15, 0.2) is 0 Å². The van der Waals surface area contributed by atoms with Crippen LogP contribution in [0.3, 0.4) is 0 Å². The van der Waals surface area contributed by atoms with Gasteiger partial charge in [0.2, 0.25) is 0 Å². The van der Waals surface area contributed by atoms with Gasteiger partial charge in [-0.1, -0.05) is 24.3 Å². The molecule has 0 saturated carbocycles. The third-order valence-corrected chi connectivity index (χ3v) is 1.66. The van der Waals surface area contributed by atoms with Crippen LogP contribution in [-0.2, 0) is 0 Å². The molecular formula is C10H17Cl3. The predicted molar refractivity (Wildman–Crippen MR) is 65.3 cm³/mol. The largest absolute Gasteiger partial charge is 0.126 e. The Morgan fingerprint density at radius 2 is 1.38 bits per heavy atom. The molecule has 0 fully saturated rings. The van der Waals surface area contributed by atoms with Gasteiger partial charge in [0.1, 0.15) is 0 Å². The molecule has 0 aliphatic carbocycles. The second kappa shape index (κ2) is 18.2. The van der Waals surface area contributed by atoms with Gasteiger partial charge in [-0.15, -0.1) is 34.8 Å². The molecule has 3 heteroatoms. The van der Waals surface area contributed by atoms with E-state index in [0.717, 1.165) is 18.7 Å². The molecule has 0 nitrogen and oxygen atoms in total. The van der Waals surface area contributed by atoms with Gasteiger partial charge < -0.3 is 0 Å². The van der Waals surface area contributed by atoms with Crippen LogP contribution >= 0.6 is 34.8 Å². The molecule has 0 heterocycles. The lowest BCUT2D eigenvalue weighted by Crippen LogP contribution is -1.65. The third-order valence-electron chi connectivity index (χ3n) is 1.04. The lowest BCUT2D eigenvalue weighted by Gasteiger charge is -1.77. The number of halogens is 3. The highest BCUT2D eigenvalue weighted by molar-refractivity contribution is 6.19. The van der Waals surface area contributed by atoms with E-state index in [0.29, 0.717) is 11.8 Å². The Hall–Kier alpha value is 0.350. The molecule has 78 valence electrons. The summed E-state index contributed by atoms with van der Waals surface area (Å²) in [6, 6.07) is 0. The molecule has 0 radical (unpaired) electrons. The van der Waals surface area contributed by atoms with Gasteiger partial charge in [0.25, 0.3) is 0 Å². The van der Waals surface area contributed by atoms with E-state index in [4.69, 9.17) is 34.8 Å². The van der Waals surface area contributed by atoms with Crippen LogP contribution in [0.5, 0.6) is 0 Å². The minimum absolute atomic E-state index is 0.594. The standard InChI is InChI=1S/C5H8Cl2.C5H9Cl/c6-4-2-1-3-5-7;1-2-3-4-5-6/h1-2H,3-5H2;2-3H,4-5H2,1H3. The van der Waals surface area contributed by atoms with Crippen LogP contribution in [-0.4, -0.2) is 17.6 Å². The summed E-state index contributed by atoms with van der Waals surface area (Å²) in [4.78, 5) is 0. The maximum atomic E-state index is 5.34. The normalized spacial score (nSPS) is 10.5. The van der Waals surface area contributed by atoms with Gasteiger partial charge in [-0.2, -0.15) is 0 Å². The Kier molecular flexibility index (Phi) is 22.1. The predicted octanol–water partition coefficient (Wildman–Crippen LogP) is 4.60. The van der Waals surface area contributed by atoms with Crippen LogP contribution in [0.2, 0.25) is 0 Å². The zero-order valence-electron chi connectivity index (χ0n) is 7.98. The molecule has 0 aromatic carbocycles. The first-order valence-corrected chi connectivity index (χ1v) is 5.87. The lowest BCUT2D eigenvalue weighted by molar-refractivity contribution is 1.23. The molecule has 0 aliphatic rings. The van der Waals surface area contributed by atoms with E-state index in [1.807, 2.05) is 31.2 Å². The van der Waals surface area contributed by atoms with Crippen molar-refractivity contribution in [2.75, 3.05) is 17.6 Å². The zero-order chi connectivity index (χ0) is 10.4. The quantitative estimate of drug-likeness (QED) is 0.489. The van der Waals surface area contributed by atoms with Crippen LogP contribution in [0.15, 0.2) is 24.3 Å². The van der Waals surface area contributed by atoms with E-state index in [2.05, 4.69) is 0 Å². The maximum absolute atomic E-state index is 5.34. The molecule has 0 atom stereocenters. The summed E-state index contributed by atoms with van der Waals surface area (Å²) in [5, 5.41) is 0. The molecule has 0 N–H and O–H groups in total. The van der Waals surface area contributed by atoms with Crippen LogP contribution in [0.25, 0.3) is 0 Å². The molecule has 0 saturated heterocycles. The van der Waals surface area contributed by atoms with Gasteiger partial charge in [-0.3, -0.25) is 0 Å². The van der Waals surface area contributed by atoms with Crippen molar-refractivity contribution in [3.05, 3.63) is 24.3 Å². The average molecular weight is 244 g/mol. The van der Waals surface area contributed by atoms with Gasteiger partial charge in [0, 0.05) is 17.6 Å². The molecule has 0 rings (SSSR count). The molecule has 0 aliphatic heterocycles. The molecule has 0 bridgehead atoms. The average Bonchev–Trinajstić information content (AvgIpc) is 2.17. The number of alkyl halides is 3. The van der Waals surface area contributed by atoms with E-state index < -0.39 is 0 Å². The van der Waals surface area contributed by atoms with Crippen LogP contribution in [0.1, 0.15) is 19.8 Å². The summed E-state index contributed by atoms with van der Waals surface area (Å²) in [6.07, 6.45) is 9.84. The highest BCUT2D eigenvalue weighted by Crippen LogP contribution is 1.86. The van der Waals surface area contributed by atoms with Crippen molar-refractivity contribution in [1.29, 1.82) is 0 Å². The summed E-state index contributed by atoms with van der Waals surface area (Å²) >= 11 is 16.0. The summed E-state index contributed by atoms with van der Waals surface area (Å²) in [5.41, 5.74) is 0. The van der Waals surface area contributed by atoms with Gasteiger partial charge in [-0.25, -0.2) is 0 Å². The van der Waals surface area contributed by atoms with E-state index in [1.165, 1.54) is 0 Å². The summed E-state index contributed by atoms with van der Waals surface area (Å²) in [7, 11) is 0. The number of allylic oxidation sites excluding steroid dienone is 4. The van der Waals surface area contributed by atoms with Crippen molar-refractivity contribution in [3.8, 4) is 0 Å². The van der Waals surface area contributed by atoms with Crippen LogP contribution < -0.4 is 0 Å². The monoisotopic (exact) mass is 242 g/mol. The number of rotatable bonds is 5. The fourth-order valence-corrected chi connectivity index (χ4v) is 0.851. The Morgan fingerprint density at radius 3 is 1.69 bits per heavy atom. The first-order chi connectivity index (χ1) is 6.33. The van der Waals surface area contributed by atoms with E-state index in [-0.39, 0.29) is 0 Å². The smallest absolute Gasteiger partial charge is 0.0404 e. The van der Waals surface area contributed by atoms with Gasteiger partial charge in [0.05, 0.1) is 0 Å². The molecule has 0 spiro atoms. The van der Waals surface area contributed by atoms with E-state index in [1.54, 1.807) is 0 Å². The summed E-state index contributed by atoms with van der Waals surface area (Å²) in [5.74, 6) is 2.02. The fraction of sp³-hybridized carbons (Fsp3) is 0.600. The van der Waals surface area contributed by atoms with E-state index in [9.17, 15) is 0 Å².